The Morgan fingerprint density at radius 2 is 1.74 bits per heavy atom. The Bertz CT molecular complexity index is 662. The fraction of sp³-hybridized carbons (Fsp3) is 0.588. The smallest absolute Gasteiger partial charge is 0.214 e. The van der Waals surface area contributed by atoms with E-state index in [4.69, 9.17) is 0 Å². The molecule has 1 saturated heterocycles. The van der Waals surface area contributed by atoms with Crippen LogP contribution in [0.1, 0.15) is 34.8 Å². The van der Waals surface area contributed by atoms with Gasteiger partial charge in [-0.2, -0.15) is 4.31 Å². The number of Topliss-reactive ketones (excluding diaryl/α,β-unsaturated/α-hetero) is 1. The Kier molecular flexibility index (Phi) is 5.95. The van der Waals surface area contributed by atoms with Gasteiger partial charge >= 0.3 is 0 Å². The Morgan fingerprint density at radius 3 is 2.30 bits per heavy atom. The highest BCUT2D eigenvalue weighted by Crippen LogP contribution is 2.13. The summed E-state index contributed by atoms with van der Waals surface area (Å²) >= 11 is 0. The van der Waals surface area contributed by atoms with Gasteiger partial charge in [0, 0.05) is 31.7 Å². The van der Waals surface area contributed by atoms with Gasteiger partial charge in [-0.05, 0) is 37.5 Å². The van der Waals surface area contributed by atoms with Crippen molar-refractivity contribution in [3.05, 3.63) is 34.9 Å². The molecule has 0 spiro atoms. The Balaban J connectivity index is 1.91. The fourth-order valence-corrected chi connectivity index (χ4v) is 4.26. The third kappa shape index (κ3) is 4.62. The lowest BCUT2D eigenvalue weighted by molar-refractivity contribution is 0.0901. The molecule has 0 atom stereocenters. The van der Waals surface area contributed by atoms with Crippen LogP contribution in [0, 0.1) is 13.8 Å². The van der Waals surface area contributed by atoms with Crippen LogP contribution in [-0.4, -0.2) is 61.9 Å². The summed E-state index contributed by atoms with van der Waals surface area (Å²) in [6.07, 6.45) is 0.633. The van der Waals surface area contributed by atoms with Gasteiger partial charge in [0.2, 0.25) is 10.0 Å². The molecule has 0 saturated carbocycles. The zero-order chi connectivity index (χ0) is 17.0. The molecule has 1 fully saturated rings. The summed E-state index contributed by atoms with van der Waals surface area (Å²) in [5.41, 5.74) is 3.02. The Labute approximate surface area is 139 Å². The van der Waals surface area contributed by atoms with Gasteiger partial charge in [-0.15, -0.1) is 0 Å². The van der Waals surface area contributed by atoms with Gasteiger partial charge in [0.1, 0.15) is 0 Å². The van der Waals surface area contributed by atoms with Crippen molar-refractivity contribution < 1.29 is 13.2 Å². The van der Waals surface area contributed by atoms with Crippen LogP contribution in [0.2, 0.25) is 0 Å². The molecule has 1 aliphatic rings. The van der Waals surface area contributed by atoms with E-state index in [0.717, 1.165) is 11.1 Å². The first kappa shape index (κ1) is 18.1. The van der Waals surface area contributed by atoms with E-state index in [9.17, 15) is 13.2 Å². The summed E-state index contributed by atoms with van der Waals surface area (Å²) in [7, 11) is -3.13. The minimum absolute atomic E-state index is 0.0953. The van der Waals surface area contributed by atoms with Gasteiger partial charge in [-0.3, -0.25) is 9.69 Å². The SMILES string of the molecule is CCCS(=O)(=O)N1CCN(CC(=O)c2ccc(C)c(C)c2)CC1. The van der Waals surface area contributed by atoms with Crippen molar-refractivity contribution in [2.75, 3.05) is 38.5 Å². The molecule has 6 heteroatoms. The first-order valence-electron chi connectivity index (χ1n) is 8.14. The van der Waals surface area contributed by atoms with E-state index < -0.39 is 10.0 Å². The van der Waals surface area contributed by atoms with E-state index in [-0.39, 0.29) is 11.5 Å². The van der Waals surface area contributed by atoms with Crippen LogP contribution in [0.3, 0.4) is 0 Å². The predicted molar refractivity (Wildman–Crippen MR) is 92.3 cm³/mol. The average Bonchev–Trinajstić information content (AvgIpc) is 2.50. The predicted octanol–water partition coefficient (Wildman–Crippen LogP) is 1.84. The second kappa shape index (κ2) is 7.55. The van der Waals surface area contributed by atoms with E-state index in [0.29, 0.717) is 39.1 Å². The maximum atomic E-state index is 12.4. The fourth-order valence-electron chi connectivity index (χ4n) is 2.76. The van der Waals surface area contributed by atoms with Crippen LogP contribution in [-0.2, 0) is 10.0 Å². The molecular formula is C17H26N2O3S. The molecule has 0 radical (unpaired) electrons. The molecule has 1 aliphatic heterocycles. The molecule has 0 unspecified atom stereocenters. The van der Waals surface area contributed by atoms with Crippen LogP contribution in [0.5, 0.6) is 0 Å². The number of piperazine rings is 1. The monoisotopic (exact) mass is 338 g/mol. The molecule has 1 aromatic carbocycles. The Hall–Kier alpha value is -1.24. The number of hydrogen-bond acceptors (Lipinski definition) is 4. The normalized spacial score (nSPS) is 17.3. The quantitative estimate of drug-likeness (QED) is 0.743. The van der Waals surface area contributed by atoms with Gasteiger partial charge in [0.25, 0.3) is 0 Å². The minimum Gasteiger partial charge on any atom is -0.293 e. The van der Waals surface area contributed by atoms with Crippen LogP contribution >= 0.6 is 0 Å². The molecular weight excluding hydrogens is 312 g/mol. The number of carbonyl (C=O) groups is 1. The zero-order valence-electron chi connectivity index (χ0n) is 14.2. The van der Waals surface area contributed by atoms with Gasteiger partial charge in [-0.25, -0.2) is 8.42 Å². The van der Waals surface area contributed by atoms with E-state index in [1.165, 1.54) is 5.56 Å². The van der Waals surface area contributed by atoms with Crippen molar-refractivity contribution in [1.82, 2.24) is 9.21 Å². The zero-order valence-corrected chi connectivity index (χ0v) is 15.0. The molecule has 5 nitrogen and oxygen atoms in total. The molecule has 0 aliphatic carbocycles. The lowest BCUT2D eigenvalue weighted by Gasteiger charge is -2.33. The largest absolute Gasteiger partial charge is 0.293 e. The first-order valence-corrected chi connectivity index (χ1v) is 9.75. The summed E-state index contributed by atoms with van der Waals surface area (Å²) in [5, 5.41) is 0. The van der Waals surface area contributed by atoms with Crippen LogP contribution in [0.15, 0.2) is 18.2 Å². The highest BCUT2D eigenvalue weighted by atomic mass is 32.2. The number of nitrogens with zero attached hydrogens (tertiary/aromatic N) is 2. The first-order chi connectivity index (χ1) is 10.8. The second-order valence-electron chi connectivity index (χ2n) is 6.21. The molecule has 0 bridgehead atoms. The van der Waals surface area contributed by atoms with Crippen molar-refractivity contribution in [3.8, 4) is 0 Å². The summed E-state index contributed by atoms with van der Waals surface area (Å²) < 4.78 is 25.6. The van der Waals surface area contributed by atoms with E-state index in [1.807, 2.05) is 43.9 Å². The van der Waals surface area contributed by atoms with Crippen molar-refractivity contribution in [3.63, 3.8) is 0 Å². The van der Waals surface area contributed by atoms with E-state index in [2.05, 4.69) is 0 Å². The number of hydrogen-bond donors (Lipinski definition) is 0. The number of sulfonamides is 1. The summed E-state index contributed by atoms with van der Waals surface area (Å²) in [5.74, 6) is 0.298. The molecule has 0 aromatic heterocycles. The number of aryl methyl sites for hydroxylation is 2. The third-order valence-corrected chi connectivity index (χ3v) is 6.46. The highest BCUT2D eigenvalue weighted by Gasteiger charge is 2.27. The van der Waals surface area contributed by atoms with E-state index in [1.54, 1.807) is 4.31 Å². The molecule has 128 valence electrons. The maximum Gasteiger partial charge on any atom is 0.214 e. The molecule has 2 rings (SSSR count). The highest BCUT2D eigenvalue weighted by molar-refractivity contribution is 7.89. The summed E-state index contributed by atoms with van der Waals surface area (Å²) in [6, 6.07) is 5.77. The van der Waals surface area contributed by atoms with Gasteiger partial charge in [-0.1, -0.05) is 19.1 Å². The number of ketones is 1. The van der Waals surface area contributed by atoms with Crippen molar-refractivity contribution in [2.24, 2.45) is 0 Å². The topological polar surface area (TPSA) is 57.7 Å². The number of rotatable bonds is 6. The second-order valence-corrected chi connectivity index (χ2v) is 8.30. The van der Waals surface area contributed by atoms with Crippen LogP contribution in [0.25, 0.3) is 0 Å². The van der Waals surface area contributed by atoms with Gasteiger partial charge in [0.05, 0.1) is 12.3 Å². The summed E-state index contributed by atoms with van der Waals surface area (Å²) in [6.45, 7) is 8.42. The molecule has 0 N–H and O–H groups in total. The lowest BCUT2D eigenvalue weighted by atomic mass is 10.0. The lowest BCUT2D eigenvalue weighted by Crippen LogP contribution is -2.50. The Morgan fingerprint density at radius 1 is 1.09 bits per heavy atom. The van der Waals surface area contributed by atoms with E-state index >= 15 is 0 Å². The molecule has 1 aromatic rings. The van der Waals surface area contributed by atoms with Crippen LogP contribution in [0.4, 0.5) is 0 Å². The number of benzene rings is 1. The summed E-state index contributed by atoms with van der Waals surface area (Å²) in [4.78, 5) is 14.4. The van der Waals surface area contributed by atoms with Crippen molar-refractivity contribution in [2.45, 2.75) is 27.2 Å². The standard InChI is InChI=1S/C17H26N2O3S/c1-4-11-23(21,22)19-9-7-18(8-10-19)13-17(20)16-6-5-14(2)15(3)12-16/h5-6,12H,4,7-11,13H2,1-3H3. The molecule has 23 heavy (non-hydrogen) atoms. The molecule has 0 amide bonds. The third-order valence-electron chi connectivity index (χ3n) is 4.38. The average molecular weight is 338 g/mol. The van der Waals surface area contributed by atoms with Gasteiger partial charge in [0.15, 0.2) is 5.78 Å². The van der Waals surface area contributed by atoms with Crippen molar-refractivity contribution in [1.29, 1.82) is 0 Å². The molecule has 1 heterocycles. The minimum atomic E-state index is -3.13. The maximum absolute atomic E-state index is 12.4. The van der Waals surface area contributed by atoms with Crippen molar-refractivity contribution >= 4 is 15.8 Å². The van der Waals surface area contributed by atoms with Gasteiger partial charge < -0.3 is 0 Å². The number of carbonyl (C=O) groups excluding carboxylic acids is 1. The van der Waals surface area contributed by atoms with Crippen LogP contribution < -0.4 is 0 Å².